The molecule has 0 fully saturated rings. The number of halogens is 1. The molecule has 0 amide bonds. The Morgan fingerprint density at radius 2 is 2.04 bits per heavy atom. The molecule has 0 saturated carbocycles. The van der Waals surface area contributed by atoms with Crippen molar-refractivity contribution in [2.24, 2.45) is 0 Å². The second-order valence-corrected chi connectivity index (χ2v) is 4.58. The van der Waals surface area contributed by atoms with Crippen LogP contribution in [0.15, 0.2) is 42.5 Å². The third-order valence-corrected chi connectivity index (χ3v) is 2.95. The summed E-state index contributed by atoms with van der Waals surface area (Å²) in [4.78, 5) is 22.1. The first-order valence-corrected chi connectivity index (χ1v) is 6.84. The molecule has 7 heteroatoms. The molecule has 23 heavy (non-hydrogen) atoms. The summed E-state index contributed by atoms with van der Waals surface area (Å²) in [5, 5.41) is 10.8. The van der Waals surface area contributed by atoms with Gasteiger partial charge in [-0.25, -0.2) is 9.18 Å². The van der Waals surface area contributed by atoms with Gasteiger partial charge in [0.1, 0.15) is 23.7 Å². The summed E-state index contributed by atoms with van der Waals surface area (Å²) < 4.78 is 23.5. The van der Waals surface area contributed by atoms with Crippen molar-refractivity contribution in [1.82, 2.24) is 0 Å². The third-order valence-electron chi connectivity index (χ3n) is 2.95. The fourth-order valence-electron chi connectivity index (χ4n) is 1.91. The van der Waals surface area contributed by atoms with Gasteiger partial charge in [0.2, 0.25) is 0 Å². The van der Waals surface area contributed by atoms with E-state index < -0.39 is 16.7 Å². The van der Waals surface area contributed by atoms with E-state index in [1.165, 1.54) is 30.3 Å². The lowest BCUT2D eigenvalue weighted by Crippen LogP contribution is -2.08. The van der Waals surface area contributed by atoms with E-state index in [-0.39, 0.29) is 30.2 Å². The Bertz CT molecular complexity index is 732. The molecule has 0 N–H and O–H groups in total. The second-order valence-electron chi connectivity index (χ2n) is 4.58. The number of rotatable bonds is 6. The van der Waals surface area contributed by atoms with Crippen LogP contribution in [0.2, 0.25) is 0 Å². The van der Waals surface area contributed by atoms with Crippen LogP contribution in [0.3, 0.4) is 0 Å². The van der Waals surface area contributed by atoms with Crippen LogP contribution in [0.5, 0.6) is 5.75 Å². The summed E-state index contributed by atoms with van der Waals surface area (Å²) in [7, 11) is 0. The van der Waals surface area contributed by atoms with E-state index >= 15 is 0 Å². The van der Waals surface area contributed by atoms with Crippen molar-refractivity contribution >= 4 is 11.7 Å². The van der Waals surface area contributed by atoms with E-state index in [0.29, 0.717) is 5.56 Å². The van der Waals surface area contributed by atoms with Crippen LogP contribution in [0.25, 0.3) is 0 Å². The van der Waals surface area contributed by atoms with E-state index in [1.807, 2.05) is 0 Å². The summed E-state index contributed by atoms with van der Waals surface area (Å²) in [6.45, 7) is 1.77. The van der Waals surface area contributed by atoms with Gasteiger partial charge in [0.25, 0.3) is 5.69 Å². The van der Waals surface area contributed by atoms with Crippen molar-refractivity contribution in [1.29, 1.82) is 0 Å². The molecule has 120 valence electrons. The fraction of sp³-hybridized carbons (Fsp3) is 0.188. The van der Waals surface area contributed by atoms with E-state index in [9.17, 15) is 19.3 Å². The fourth-order valence-corrected chi connectivity index (χ4v) is 1.91. The second kappa shape index (κ2) is 7.35. The Morgan fingerprint density at radius 3 is 2.70 bits per heavy atom. The molecular formula is C16H14FNO5. The lowest BCUT2D eigenvalue weighted by atomic mass is 10.1. The molecule has 0 saturated heterocycles. The minimum absolute atomic E-state index is 0.0158. The first-order valence-electron chi connectivity index (χ1n) is 6.84. The van der Waals surface area contributed by atoms with E-state index in [4.69, 9.17) is 9.47 Å². The zero-order valence-corrected chi connectivity index (χ0v) is 12.3. The summed E-state index contributed by atoms with van der Waals surface area (Å²) in [5.41, 5.74) is 0.279. The van der Waals surface area contributed by atoms with Crippen molar-refractivity contribution < 1.29 is 23.6 Å². The molecule has 0 heterocycles. The minimum Gasteiger partial charge on any atom is -0.488 e. The molecule has 0 aliphatic heterocycles. The molecule has 2 rings (SSSR count). The van der Waals surface area contributed by atoms with Gasteiger partial charge in [0.05, 0.1) is 11.5 Å². The quantitative estimate of drug-likeness (QED) is 0.462. The average molecular weight is 319 g/mol. The summed E-state index contributed by atoms with van der Waals surface area (Å²) in [5.74, 6) is -0.982. The standard InChI is InChI=1S/C16H14FNO5/c1-2-22-16(19)14-9-13(18(20)21)6-7-15(14)23-10-11-4-3-5-12(17)8-11/h3-9H,2,10H2,1H3. The summed E-state index contributed by atoms with van der Waals surface area (Å²) in [6.07, 6.45) is 0. The number of nitro groups is 1. The molecule has 0 radical (unpaired) electrons. The number of nitro benzene ring substituents is 1. The molecule has 0 unspecified atom stereocenters. The Kier molecular flexibility index (Phi) is 5.24. The highest BCUT2D eigenvalue weighted by Gasteiger charge is 2.19. The first kappa shape index (κ1) is 16.4. The number of nitrogens with zero attached hydrogens (tertiary/aromatic N) is 1. The number of benzene rings is 2. The molecule has 0 aliphatic carbocycles. The Morgan fingerprint density at radius 1 is 1.26 bits per heavy atom. The lowest BCUT2D eigenvalue weighted by molar-refractivity contribution is -0.384. The van der Waals surface area contributed by atoms with Gasteiger partial charge in [-0.3, -0.25) is 10.1 Å². The predicted octanol–water partition coefficient (Wildman–Crippen LogP) is 3.49. The summed E-state index contributed by atoms with van der Waals surface area (Å²) in [6, 6.07) is 9.45. The molecule has 2 aromatic rings. The number of carbonyl (C=O) groups is 1. The van der Waals surface area contributed by atoms with Gasteiger partial charge in [-0.15, -0.1) is 0 Å². The zero-order chi connectivity index (χ0) is 16.8. The maximum Gasteiger partial charge on any atom is 0.342 e. The minimum atomic E-state index is -0.717. The first-order chi connectivity index (χ1) is 11.0. The van der Waals surface area contributed by atoms with E-state index in [2.05, 4.69) is 0 Å². The topological polar surface area (TPSA) is 78.7 Å². The molecule has 0 spiro atoms. The van der Waals surface area contributed by atoms with Crippen LogP contribution in [0, 0.1) is 15.9 Å². The highest BCUT2D eigenvalue weighted by Crippen LogP contribution is 2.26. The number of esters is 1. The van der Waals surface area contributed by atoms with Gasteiger partial charge in [-0.2, -0.15) is 0 Å². The highest BCUT2D eigenvalue weighted by molar-refractivity contribution is 5.93. The highest BCUT2D eigenvalue weighted by atomic mass is 19.1. The molecular weight excluding hydrogens is 305 g/mol. The van der Waals surface area contributed by atoms with Gasteiger partial charge in [0, 0.05) is 12.1 Å². The van der Waals surface area contributed by atoms with Gasteiger partial charge >= 0.3 is 5.97 Å². The molecule has 2 aromatic carbocycles. The number of non-ortho nitro benzene ring substituents is 1. The van der Waals surface area contributed by atoms with Crippen molar-refractivity contribution in [2.75, 3.05) is 6.61 Å². The summed E-state index contributed by atoms with van der Waals surface area (Å²) >= 11 is 0. The molecule has 0 bridgehead atoms. The Hall–Kier alpha value is -2.96. The molecule has 6 nitrogen and oxygen atoms in total. The molecule has 0 aromatic heterocycles. The largest absolute Gasteiger partial charge is 0.488 e. The number of ether oxygens (including phenoxy) is 2. The molecule has 0 aliphatic rings. The van der Waals surface area contributed by atoms with Crippen molar-refractivity contribution in [2.45, 2.75) is 13.5 Å². The number of hydrogen-bond donors (Lipinski definition) is 0. The maximum atomic E-state index is 13.1. The Balaban J connectivity index is 2.25. The normalized spacial score (nSPS) is 10.2. The predicted molar refractivity (Wildman–Crippen MR) is 79.8 cm³/mol. The van der Waals surface area contributed by atoms with Crippen LogP contribution < -0.4 is 4.74 Å². The van der Waals surface area contributed by atoms with Crippen LogP contribution in [0.1, 0.15) is 22.8 Å². The van der Waals surface area contributed by atoms with E-state index in [0.717, 1.165) is 6.07 Å². The third kappa shape index (κ3) is 4.26. The number of carbonyl (C=O) groups excluding carboxylic acids is 1. The van der Waals surface area contributed by atoms with Crippen LogP contribution in [0.4, 0.5) is 10.1 Å². The van der Waals surface area contributed by atoms with Gasteiger partial charge < -0.3 is 9.47 Å². The van der Waals surface area contributed by atoms with Crippen LogP contribution in [-0.2, 0) is 11.3 Å². The monoisotopic (exact) mass is 319 g/mol. The van der Waals surface area contributed by atoms with Crippen molar-refractivity contribution in [3.05, 3.63) is 69.5 Å². The van der Waals surface area contributed by atoms with Gasteiger partial charge in [-0.05, 0) is 30.7 Å². The lowest BCUT2D eigenvalue weighted by Gasteiger charge is -2.11. The maximum absolute atomic E-state index is 13.1. The molecule has 0 atom stereocenters. The van der Waals surface area contributed by atoms with Crippen LogP contribution in [-0.4, -0.2) is 17.5 Å². The van der Waals surface area contributed by atoms with Gasteiger partial charge in [-0.1, -0.05) is 12.1 Å². The van der Waals surface area contributed by atoms with Crippen molar-refractivity contribution in [3.8, 4) is 5.75 Å². The Labute approximate surface area is 131 Å². The number of hydrogen-bond acceptors (Lipinski definition) is 5. The van der Waals surface area contributed by atoms with Crippen molar-refractivity contribution in [3.63, 3.8) is 0 Å². The SMILES string of the molecule is CCOC(=O)c1cc([N+](=O)[O-])ccc1OCc1cccc(F)c1. The smallest absolute Gasteiger partial charge is 0.342 e. The van der Waals surface area contributed by atoms with Gasteiger partial charge in [0.15, 0.2) is 0 Å². The zero-order valence-electron chi connectivity index (χ0n) is 12.3. The average Bonchev–Trinajstić information content (AvgIpc) is 2.53. The van der Waals surface area contributed by atoms with E-state index in [1.54, 1.807) is 13.0 Å². The van der Waals surface area contributed by atoms with Crippen LogP contribution >= 0.6 is 0 Å².